The number of para-hydroxylation sites is 1. The molecule has 0 fully saturated rings. The van der Waals surface area contributed by atoms with E-state index in [9.17, 15) is 0 Å². The van der Waals surface area contributed by atoms with Gasteiger partial charge in [0.2, 0.25) is 0 Å². The van der Waals surface area contributed by atoms with E-state index in [1.54, 1.807) is 0 Å². The molecule has 2 aromatic rings. The second kappa shape index (κ2) is 5.89. The van der Waals surface area contributed by atoms with E-state index >= 15 is 0 Å². The average molecular weight is 255 g/mol. The number of nitrogens with two attached hydrogens (primary N) is 1. The van der Waals surface area contributed by atoms with Crippen LogP contribution in [0.3, 0.4) is 0 Å². The van der Waals surface area contributed by atoms with Crippen molar-refractivity contribution in [3.8, 4) is 11.5 Å². The first-order chi connectivity index (χ1) is 9.06. The molecule has 1 atom stereocenters. The van der Waals surface area contributed by atoms with E-state index in [0.717, 1.165) is 29.0 Å². The molecule has 0 aliphatic carbocycles. The molecule has 0 bridgehead atoms. The Kier molecular flexibility index (Phi) is 4.23. The number of hydrogen-bond donors (Lipinski definition) is 1. The molecule has 2 rings (SSSR count). The lowest BCUT2D eigenvalue weighted by molar-refractivity contribution is 0.474. The molecule has 0 spiro atoms. The summed E-state index contributed by atoms with van der Waals surface area (Å²) in [6.07, 6.45) is 0.865. The molecular formula is C17H21NO. The minimum absolute atomic E-state index is 0.161. The maximum absolute atomic E-state index is 6.02. The third kappa shape index (κ3) is 3.58. The molecule has 0 amide bonds. The normalized spacial score (nSPS) is 12.2. The summed E-state index contributed by atoms with van der Waals surface area (Å²) in [5.41, 5.74) is 9.33. The molecule has 0 heterocycles. The maximum atomic E-state index is 6.02. The zero-order valence-electron chi connectivity index (χ0n) is 11.8. The largest absolute Gasteiger partial charge is 0.457 e. The van der Waals surface area contributed by atoms with Crippen LogP contribution in [0.2, 0.25) is 0 Å². The van der Waals surface area contributed by atoms with Gasteiger partial charge in [0.05, 0.1) is 0 Å². The molecule has 2 aromatic carbocycles. The van der Waals surface area contributed by atoms with Gasteiger partial charge >= 0.3 is 0 Å². The summed E-state index contributed by atoms with van der Waals surface area (Å²) in [6, 6.07) is 14.5. The number of hydrogen-bond acceptors (Lipinski definition) is 2. The Balaban J connectivity index is 2.26. The van der Waals surface area contributed by atoms with Gasteiger partial charge in [-0.05, 0) is 56.0 Å². The van der Waals surface area contributed by atoms with Gasteiger partial charge in [0.25, 0.3) is 0 Å². The Morgan fingerprint density at radius 2 is 1.68 bits per heavy atom. The molecular weight excluding hydrogens is 234 g/mol. The van der Waals surface area contributed by atoms with Crippen molar-refractivity contribution in [2.24, 2.45) is 5.73 Å². The Hall–Kier alpha value is -1.80. The first-order valence-corrected chi connectivity index (χ1v) is 6.65. The van der Waals surface area contributed by atoms with E-state index in [-0.39, 0.29) is 6.04 Å². The van der Waals surface area contributed by atoms with Gasteiger partial charge in [-0.15, -0.1) is 0 Å². The molecule has 0 saturated carbocycles. The fourth-order valence-corrected chi connectivity index (χ4v) is 2.04. The summed E-state index contributed by atoms with van der Waals surface area (Å²) in [5.74, 6) is 1.82. The van der Waals surface area contributed by atoms with Crippen LogP contribution in [0.25, 0.3) is 0 Å². The van der Waals surface area contributed by atoms with Crippen molar-refractivity contribution in [2.45, 2.75) is 33.2 Å². The predicted molar refractivity (Wildman–Crippen MR) is 79.8 cm³/mol. The molecule has 0 aromatic heterocycles. The van der Waals surface area contributed by atoms with Gasteiger partial charge in [-0.25, -0.2) is 0 Å². The van der Waals surface area contributed by atoms with Crippen LogP contribution in [0.1, 0.15) is 23.6 Å². The van der Waals surface area contributed by atoms with Crippen LogP contribution < -0.4 is 10.5 Å². The van der Waals surface area contributed by atoms with Crippen LogP contribution in [0, 0.1) is 13.8 Å². The summed E-state index contributed by atoms with van der Waals surface area (Å²) in [4.78, 5) is 0. The van der Waals surface area contributed by atoms with Crippen molar-refractivity contribution in [1.82, 2.24) is 0 Å². The summed E-state index contributed by atoms with van der Waals surface area (Å²) >= 11 is 0. The monoisotopic (exact) mass is 255 g/mol. The fraction of sp³-hybridized carbons (Fsp3) is 0.294. The average Bonchev–Trinajstić information content (AvgIpc) is 2.35. The highest BCUT2D eigenvalue weighted by atomic mass is 16.5. The minimum atomic E-state index is 0.161. The predicted octanol–water partition coefficient (Wildman–Crippen LogP) is 3.99. The lowest BCUT2D eigenvalue weighted by atomic mass is 10.1. The fourth-order valence-electron chi connectivity index (χ4n) is 2.04. The van der Waals surface area contributed by atoms with Gasteiger partial charge in [-0.3, -0.25) is 0 Å². The third-order valence-electron chi connectivity index (χ3n) is 3.12. The standard InChI is InChI=1S/C17H21NO/c1-12-6-4-5-7-16(12)19-17-11-15(10-14(3)18)9-8-13(17)2/h4-9,11,14H,10,18H2,1-3H3. The smallest absolute Gasteiger partial charge is 0.130 e. The summed E-state index contributed by atoms with van der Waals surface area (Å²) < 4.78 is 6.02. The summed E-state index contributed by atoms with van der Waals surface area (Å²) in [5, 5.41) is 0. The van der Waals surface area contributed by atoms with Gasteiger partial charge in [0.1, 0.15) is 11.5 Å². The van der Waals surface area contributed by atoms with Gasteiger partial charge in [-0.2, -0.15) is 0 Å². The van der Waals surface area contributed by atoms with Crippen molar-refractivity contribution >= 4 is 0 Å². The Morgan fingerprint density at radius 3 is 2.37 bits per heavy atom. The molecule has 1 unspecified atom stereocenters. The molecule has 0 radical (unpaired) electrons. The van der Waals surface area contributed by atoms with Crippen LogP contribution in [-0.4, -0.2) is 6.04 Å². The van der Waals surface area contributed by atoms with Crippen molar-refractivity contribution in [3.05, 3.63) is 59.2 Å². The summed E-state index contributed by atoms with van der Waals surface area (Å²) in [6.45, 7) is 6.13. The molecule has 0 saturated heterocycles. The Morgan fingerprint density at radius 1 is 1.00 bits per heavy atom. The van der Waals surface area contributed by atoms with Gasteiger partial charge in [-0.1, -0.05) is 30.3 Å². The topological polar surface area (TPSA) is 35.2 Å². The van der Waals surface area contributed by atoms with Gasteiger partial charge in [0.15, 0.2) is 0 Å². The molecule has 0 aliphatic heterocycles. The molecule has 0 aliphatic rings. The molecule has 100 valence electrons. The van der Waals surface area contributed by atoms with Crippen molar-refractivity contribution in [3.63, 3.8) is 0 Å². The highest BCUT2D eigenvalue weighted by Crippen LogP contribution is 2.28. The van der Waals surface area contributed by atoms with E-state index in [0.29, 0.717) is 0 Å². The first-order valence-electron chi connectivity index (χ1n) is 6.65. The highest BCUT2D eigenvalue weighted by Gasteiger charge is 2.06. The van der Waals surface area contributed by atoms with Crippen molar-refractivity contribution in [1.29, 1.82) is 0 Å². The summed E-state index contributed by atoms with van der Waals surface area (Å²) in [7, 11) is 0. The number of aryl methyl sites for hydroxylation is 2. The molecule has 2 N–H and O–H groups in total. The lowest BCUT2D eigenvalue weighted by Gasteiger charge is -2.13. The molecule has 2 heteroatoms. The minimum Gasteiger partial charge on any atom is -0.457 e. The van der Waals surface area contributed by atoms with Crippen LogP contribution in [0.5, 0.6) is 11.5 Å². The quantitative estimate of drug-likeness (QED) is 0.896. The van der Waals surface area contributed by atoms with E-state index < -0.39 is 0 Å². The number of ether oxygens (including phenoxy) is 1. The van der Waals surface area contributed by atoms with Gasteiger partial charge < -0.3 is 10.5 Å². The highest BCUT2D eigenvalue weighted by molar-refractivity contribution is 5.42. The number of benzene rings is 2. The molecule has 2 nitrogen and oxygen atoms in total. The van der Waals surface area contributed by atoms with Crippen LogP contribution in [-0.2, 0) is 6.42 Å². The Bertz CT molecular complexity index is 561. The third-order valence-corrected chi connectivity index (χ3v) is 3.12. The van der Waals surface area contributed by atoms with Crippen LogP contribution in [0.4, 0.5) is 0 Å². The Labute approximate surface area is 115 Å². The first kappa shape index (κ1) is 13.6. The van der Waals surface area contributed by atoms with Crippen molar-refractivity contribution < 1.29 is 4.74 Å². The molecule has 19 heavy (non-hydrogen) atoms. The van der Waals surface area contributed by atoms with E-state index in [4.69, 9.17) is 10.5 Å². The lowest BCUT2D eigenvalue weighted by Crippen LogP contribution is -2.17. The second-order valence-corrected chi connectivity index (χ2v) is 5.15. The number of rotatable bonds is 4. The van der Waals surface area contributed by atoms with Crippen LogP contribution >= 0.6 is 0 Å². The van der Waals surface area contributed by atoms with E-state index in [1.165, 1.54) is 5.56 Å². The zero-order chi connectivity index (χ0) is 13.8. The second-order valence-electron chi connectivity index (χ2n) is 5.15. The zero-order valence-corrected chi connectivity index (χ0v) is 11.8. The van der Waals surface area contributed by atoms with Crippen molar-refractivity contribution in [2.75, 3.05) is 0 Å². The van der Waals surface area contributed by atoms with Gasteiger partial charge in [0, 0.05) is 6.04 Å². The SMILES string of the molecule is Cc1ccccc1Oc1cc(CC(C)N)ccc1C. The van der Waals surface area contributed by atoms with E-state index in [2.05, 4.69) is 38.1 Å². The van der Waals surface area contributed by atoms with Crippen LogP contribution in [0.15, 0.2) is 42.5 Å². The van der Waals surface area contributed by atoms with E-state index in [1.807, 2.05) is 25.1 Å². The maximum Gasteiger partial charge on any atom is 0.130 e.